The molecule has 0 bridgehead atoms. The average Bonchev–Trinajstić information content (AvgIpc) is 3.56. The Labute approximate surface area is 185 Å². The van der Waals surface area contributed by atoms with Crippen LogP contribution in [0.15, 0.2) is 71.3 Å². The molecule has 0 saturated carbocycles. The molecule has 8 nitrogen and oxygen atoms in total. The zero-order valence-corrected chi connectivity index (χ0v) is 17.5. The number of thiazole rings is 1. The average molecular weight is 446 g/mol. The Balaban J connectivity index is 1.53. The number of nitrogens with zero attached hydrogens (tertiary/aromatic N) is 5. The van der Waals surface area contributed by atoms with E-state index in [0.29, 0.717) is 32.9 Å². The molecule has 5 rings (SSSR count). The second-order valence-electron chi connectivity index (χ2n) is 6.80. The standard InChI is InChI=1S/C22H15FN6O2S/c1-13-26-27-28-29(13)15-9-10-16(23)17(12-15)24-21(30)20-19(14-6-3-2-4-7-14)25-22(32-20)18-8-5-11-31-18/h2-12H,1H3,(H,24,30). The van der Waals surface area contributed by atoms with E-state index in [0.717, 1.165) is 5.56 Å². The van der Waals surface area contributed by atoms with Crippen LogP contribution in [0.5, 0.6) is 0 Å². The summed E-state index contributed by atoms with van der Waals surface area (Å²) < 4.78 is 21.4. The molecule has 0 spiro atoms. The lowest BCUT2D eigenvalue weighted by atomic mass is 10.1. The van der Waals surface area contributed by atoms with Gasteiger partial charge in [0, 0.05) is 5.56 Å². The van der Waals surface area contributed by atoms with Gasteiger partial charge in [-0.05, 0) is 47.7 Å². The van der Waals surface area contributed by atoms with Crippen LogP contribution in [0.2, 0.25) is 0 Å². The second-order valence-corrected chi connectivity index (χ2v) is 7.80. The van der Waals surface area contributed by atoms with Crippen molar-refractivity contribution in [3.05, 3.63) is 83.4 Å². The number of amides is 1. The van der Waals surface area contributed by atoms with E-state index in [9.17, 15) is 9.18 Å². The minimum absolute atomic E-state index is 0.00867. The van der Waals surface area contributed by atoms with Crippen molar-refractivity contribution in [2.24, 2.45) is 0 Å². The van der Waals surface area contributed by atoms with Gasteiger partial charge in [-0.1, -0.05) is 30.3 Å². The lowest BCUT2D eigenvalue weighted by Crippen LogP contribution is -2.13. The van der Waals surface area contributed by atoms with Gasteiger partial charge in [0.2, 0.25) is 0 Å². The first-order chi connectivity index (χ1) is 15.6. The number of benzene rings is 2. The molecule has 5 aromatic rings. The minimum atomic E-state index is -0.579. The summed E-state index contributed by atoms with van der Waals surface area (Å²) in [6, 6.07) is 17.1. The summed E-state index contributed by atoms with van der Waals surface area (Å²) in [6.45, 7) is 1.72. The van der Waals surface area contributed by atoms with E-state index in [1.54, 1.807) is 25.3 Å². The van der Waals surface area contributed by atoms with Crippen LogP contribution in [0.1, 0.15) is 15.5 Å². The molecule has 2 aromatic carbocycles. The van der Waals surface area contributed by atoms with Crippen LogP contribution < -0.4 is 5.32 Å². The van der Waals surface area contributed by atoms with E-state index in [-0.39, 0.29) is 5.69 Å². The van der Waals surface area contributed by atoms with E-state index >= 15 is 0 Å². The molecule has 0 radical (unpaired) electrons. The van der Waals surface area contributed by atoms with Crippen molar-refractivity contribution in [3.63, 3.8) is 0 Å². The first-order valence-electron chi connectivity index (χ1n) is 9.56. The van der Waals surface area contributed by atoms with Crippen LogP contribution in [0.3, 0.4) is 0 Å². The number of nitrogens with one attached hydrogen (secondary N) is 1. The molecule has 0 unspecified atom stereocenters. The topological polar surface area (TPSA) is 98.7 Å². The number of carbonyl (C=O) groups excluding carboxylic acids is 1. The Bertz CT molecular complexity index is 1400. The van der Waals surface area contributed by atoms with Crippen LogP contribution >= 0.6 is 11.3 Å². The number of furan rings is 1. The van der Waals surface area contributed by atoms with Crippen LogP contribution in [-0.2, 0) is 0 Å². The molecule has 158 valence electrons. The predicted octanol–water partition coefficient (Wildman–Crippen LogP) is 4.75. The van der Waals surface area contributed by atoms with Gasteiger partial charge >= 0.3 is 0 Å². The molecule has 3 heterocycles. The third kappa shape index (κ3) is 3.67. The maximum Gasteiger partial charge on any atom is 0.268 e. The lowest BCUT2D eigenvalue weighted by Gasteiger charge is -2.09. The van der Waals surface area contributed by atoms with Crippen molar-refractivity contribution in [3.8, 4) is 27.7 Å². The molecule has 3 aromatic heterocycles. The molecular formula is C22H15FN6O2S. The van der Waals surface area contributed by atoms with Gasteiger partial charge in [0.1, 0.15) is 10.7 Å². The first-order valence-corrected chi connectivity index (χ1v) is 10.4. The number of carbonyl (C=O) groups is 1. The van der Waals surface area contributed by atoms with E-state index in [2.05, 4.69) is 25.8 Å². The molecule has 0 aliphatic carbocycles. The number of halogens is 1. The summed E-state index contributed by atoms with van der Waals surface area (Å²) in [5, 5.41) is 14.5. The SMILES string of the molecule is Cc1nnnn1-c1ccc(F)c(NC(=O)c2sc(-c3ccco3)nc2-c2ccccc2)c1. The molecule has 0 saturated heterocycles. The van der Waals surface area contributed by atoms with Crippen molar-refractivity contribution in [2.75, 3.05) is 5.32 Å². The fraction of sp³-hybridized carbons (Fsp3) is 0.0455. The molecule has 10 heteroatoms. The molecule has 1 amide bonds. The monoisotopic (exact) mass is 446 g/mol. The quantitative estimate of drug-likeness (QED) is 0.418. The third-order valence-electron chi connectivity index (χ3n) is 4.68. The van der Waals surface area contributed by atoms with E-state index in [1.807, 2.05) is 30.3 Å². The first kappa shape index (κ1) is 19.8. The van der Waals surface area contributed by atoms with Gasteiger partial charge in [-0.2, -0.15) is 4.68 Å². The summed E-state index contributed by atoms with van der Waals surface area (Å²) in [6.07, 6.45) is 1.54. The highest BCUT2D eigenvalue weighted by atomic mass is 32.1. The van der Waals surface area contributed by atoms with Gasteiger partial charge in [-0.25, -0.2) is 9.37 Å². The van der Waals surface area contributed by atoms with Crippen LogP contribution in [-0.4, -0.2) is 31.1 Å². The Morgan fingerprint density at radius 1 is 1.12 bits per heavy atom. The largest absolute Gasteiger partial charge is 0.462 e. The Kier molecular flexibility index (Phi) is 5.04. The van der Waals surface area contributed by atoms with Gasteiger partial charge in [0.25, 0.3) is 5.91 Å². The highest BCUT2D eigenvalue weighted by Crippen LogP contribution is 2.35. The summed E-state index contributed by atoms with van der Waals surface area (Å²) in [5.74, 6) is 0.0212. The smallest absolute Gasteiger partial charge is 0.268 e. The fourth-order valence-electron chi connectivity index (χ4n) is 3.16. The highest BCUT2D eigenvalue weighted by Gasteiger charge is 2.22. The third-order valence-corrected chi connectivity index (χ3v) is 5.75. The van der Waals surface area contributed by atoms with Crippen LogP contribution in [0, 0.1) is 12.7 Å². The summed E-state index contributed by atoms with van der Waals surface area (Å²) in [4.78, 5) is 18.2. The highest BCUT2D eigenvalue weighted by molar-refractivity contribution is 7.17. The Morgan fingerprint density at radius 3 is 2.69 bits per heavy atom. The van der Waals surface area contributed by atoms with Crippen molar-refractivity contribution in [1.82, 2.24) is 25.2 Å². The summed E-state index contributed by atoms with van der Waals surface area (Å²) in [7, 11) is 0. The molecule has 1 N–H and O–H groups in total. The van der Waals surface area contributed by atoms with Crippen molar-refractivity contribution in [1.29, 1.82) is 0 Å². The van der Waals surface area contributed by atoms with E-state index in [4.69, 9.17) is 4.42 Å². The molecule has 0 fully saturated rings. The maximum atomic E-state index is 14.5. The number of tetrazole rings is 1. The molecule has 0 aliphatic rings. The zero-order chi connectivity index (χ0) is 22.1. The molecule has 32 heavy (non-hydrogen) atoms. The fourth-order valence-corrected chi connectivity index (χ4v) is 4.11. The van der Waals surface area contributed by atoms with Crippen molar-refractivity contribution < 1.29 is 13.6 Å². The summed E-state index contributed by atoms with van der Waals surface area (Å²) in [5.41, 5.74) is 1.79. The second kappa shape index (κ2) is 8.16. The summed E-state index contributed by atoms with van der Waals surface area (Å²) >= 11 is 1.17. The van der Waals surface area contributed by atoms with Gasteiger partial charge < -0.3 is 9.73 Å². The van der Waals surface area contributed by atoms with E-state index < -0.39 is 11.7 Å². The molecule has 0 aliphatic heterocycles. The predicted molar refractivity (Wildman–Crippen MR) is 117 cm³/mol. The van der Waals surface area contributed by atoms with Gasteiger partial charge in [0.05, 0.1) is 23.3 Å². The number of hydrogen-bond acceptors (Lipinski definition) is 7. The zero-order valence-electron chi connectivity index (χ0n) is 16.7. The number of rotatable bonds is 5. The Hall–Kier alpha value is -4.18. The number of aryl methyl sites for hydroxylation is 1. The number of hydrogen-bond donors (Lipinski definition) is 1. The minimum Gasteiger partial charge on any atom is -0.462 e. The number of anilines is 1. The molecular weight excluding hydrogens is 431 g/mol. The van der Waals surface area contributed by atoms with Gasteiger partial charge in [-0.15, -0.1) is 16.4 Å². The number of aromatic nitrogens is 5. The van der Waals surface area contributed by atoms with Crippen LogP contribution in [0.4, 0.5) is 10.1 Å². The van der Waals surface area contributed by atoms with E-state index in [1.165, 1.54) is 34.2 Å². The Morgan fingerprint density at radius 2 is 1.97 bits per heavy atom. The normalized spacial score (nSPS) is 10.9. The van der Waals surface area contributed by atoms with Crippen LogP contribution in [0.25, 0.3) is 27.7 Å². The van der Waals surface area contributed by atoms with Crippen molar-refractivity contribution in [2.45, 2.75) is 6.92 Å². The van der Waals surface area contributed by atoms with Gasteiger partial charge in [-0.3, -0.25) is 4.79 Å². The molecule has 0 atom stereocenters. The lowest BCUT2D eigenvalue weighted by molar-refractivity contribution is 0.103. The maximum absolute atomic E-state index is 14.5. The van der Waals surface area contributed by atoms with Crippen molar-refractivity contribution >= 4 is 22.9 Å². The van der Waals surface area contributed by atoms with Gasteiger partial charge in [0.15, 0.2) is 16.6 Å².